The fourth-order valence-corrected chi connectivity index (χ4v) is 6.93. The first-order valence-corrected chi connectivity index (χ1v) is 20.3. The molecule has 5 heteroatoms. The van der Waals surface area contributed by atoms with Gasteiger partial charge in [-0.1, -0.05) is 141 Å². The molecule has 0 radical (unpaired) electrons. The summed E-state index contributed by atoms with van der Waals surface area (Å²) in [6.45, 7) is 7.86. The second-order valence-corrected chi connectivity index (χ2v) is 18.6. The van der Waals surface area contributed by atoms with Crippen LogP contribution in [0.1, 0.15) is 29.2 Å². The van der Waals surface area contributed by atoms with Crippen molar-refractivity contribution < 1.29 is 13.5 Å². The number of ether oxygens (including phenoxy) is 1. The minimum Gasteiger partial charge on any atom is -0.486 e. The highest BCUT2D eigenvalue weighted by Crippen LogP contribution is 2.48. The summed E-state index contributed by atoms with van der Waals surface area (Å²) in [5, 5.41) is 0. The van der Waals surface area contributed by atoms with Crippen molar-refractivity contribution in [2.45, 2.75) is 38.1 Å². The Morgan fingerprint density at radius 2 is 1.04 bits per heavy atom. The van der Waals surface area contributed by atoms with Crippen LogP contribution in [0.5, 0.6) is 5.75 Å². The third kappa shape index (κ3) is 7.91. The third-order valence-electron chi connectivity index (χ3n) is 9.27. The molecule has 248 valence electrons. The molecule has 0 aromatic heterocycles. The number of rotatable bonds is 12. The summed E-state index contributed by atoms with van der Waals surface area (Å²) in [5.41, 5.74) is 5.29. The highest BCUT2D eigenvalue weighted by molar-refractivity contribution is 6.73. The Bertz CT molecular complexity index is 1880. The van der Waals surface area contributed by atoms with Gasteiger partial charge in [-0.15, -0.1) is 0 Å². The standard InChI is InChI=1S/C44H43F2NOSi/c1-47(49(2,3)4)30-29-42(36-23-15-8-16-24-36)48-39-27-25-38(26-28-39)44(45,46)43-40(34-19-11-6-12-20-34)31-37(33-17-9-5-10-18-33)32-41(43)35-21-13-7-14-22-35/h5-28,31-32,42H,29-30H2,1-4H3. The van der Waals surface area contributed by atoms with Gasteiger partial charge >= 0.3 is 0 Å². The maximum absolute atomic E-state index is 17.3. The molecular formula is C44H43F2NOSi. The molecule has 6 aromatic rings. The Balaban J connectivity index is 1.41. The SMILES string of the molecule is CN(CCC(Oc1ccc(C(F)(F)c2c(-c3ccccc3)cc(-c3ccccc3)cc2-c2ccccc2)cc1)c1ccccc1)[Si](C)(C)C. The fourth-order valence-electron chi connectivity index (χ4n) is 6.13. The lowest BCUT2D eigenvalue weighted by Gasteiger charge is -2.31. The number of benzene rings is 6. The van der Waals surface area contributed by atoms with Crippen LogP contribution in [0, 0.1) is 0 Å². The van der Waals surface area contributed by atoms with Gasteiger partial charge in [0.1, 0.15) is 20.1 Å². The van der Waals surface area contributed by atoms with Gasteiger partial charge in [0.15, 0.2) is 0 Å². The molecule has 0 heterocycles. The topological polar surface area (TPSA) is 12.5 Å². The van der Waals surface area contributed by atoms with Crippen molar-refractivity contribution in [3.8, 4) is 39.1 Å². The van der Waals surface area contributed by atoms with Gasteiger partial charge in [-0.3, -0.25) is 0 Å². The van der Waals surface area contributed by atoms with E-state index in [-0.39, 0.29) is 17.2 Å². The second-order valence-electron chi connectivity index (χ2n) is 13.5. The van der Waals surface area contributed by atoms with Crippen molar-refractivity contribution in [3.05, 3.63) is 174 Å². The lowest BCUT2D eigenvalue weighted by Crippen LogP contribution is -2.44. The first-order chi connectivity index (χ1) is 23.6. The maximum Gasteiger partial charge on any atom is 0.299 e. The van der Waals surface area contributed by atoms with Crippen LogP contribution in [-0.4, -0.2) is 26.4 Å². The summed E-state index contributed by atoms with van der Waals surface area (Å²) in [6.07, 6.45) is 0.586. The molecule has 0 spiro atoms. The van der Waals surface area contributed by atoms with E-state index in [1.165, 1.54) is 12.1 Å². The van der Waals surface area contributed by atoms with Crippen molar-refractivity contribution >= 4 is 8.24 Å². The lowest BCUT2D eigenvalue weighted by atomic mass is 9.83. The van der Waals surface area contributed by atoms with E-state index in [1.54, 1.807) is 12.1 Å². The second kappa shape index (κ2) is 14.7. The molecular weight excluding hydrogens is 625 g/mol. The average Bonchev–Trinajstić information content (AvgIpc) is 3.14. The summed E-state index contributed by atoms with van der Waals surface area (Å²) in [7, 11) is 0.703. The molecule has 6 rings (SSSR count). The van der Waals surface area contributed by atoms with Gasteiger partial charge in [0, 0.05) is 17.5 Å². The molecule has 0 saturated heterocycles. The number of hydrogen-bond acceptors (Lipinski definition) is 2. The van der Waals surface area contributed by atoms with E-state index in [0.717, 1.165) is 40.8 Å². The first kappa shape index (κ1) is 34.0. The van der Waals surface area contributed by atoms with Gasteiger partial charge in [-0.2, -0.15) is 8.78 Å². The van der Waals surface area contributed by atoms with E-state index >= 15 is 8.78 Å². The highest BCUT2D eigenvalue weighted by Gasteiger charge is 2.39. The monoisotopic (exact) mass is 667 g/mol. The molecule has 0 fully saturated rings. The molecule has 1 unspecified atom stereocenters. The van der Waals surface area contributed by atoms with Crippen LogP contribution in [-0.2, 0) is 5.92 Å². The number of hydrogen-bond donors (Lipinski definition) is 0. The molecule has 0 aliphatic rings. The lowest BCUT2D eigenvalue weighted by molar-refractivity contribution is 0.0440. The van der Waals surface area contributed by atoms with Crippen LogP contribution >= 0.6 is 0 Å². The zero-order valence-electron chi connectivity index (χ0n) is 28.6. The molecule has 0 bridgehead atoms. The highest BCUT2D eigenvalue weighted by atomic mass is 28.3. The smallest absolute Gasteiger partial charge is 0.299 e. The van der Waals surface area contributed by atoms with Crippen LogP contribution in [0.25, 0.3) is 33.4 Å². The maximum atomic E-state index is 17.3. The van der Waals surface area contributed by atoms with Crippen molar-refractivity contribution in [2.24, 2.45) is 0 Å². The summed E-state index contributed by atoms with van der Waals surface area (Å²) >= 11 is 0. The Morgan fingerprint density at radius 3 is 1.51 bits per heavy atom. The molecule has 0 aliphatic carbocycles. The number of halogens is 2. The minimum atomic E-state index is -3.32. The average molecular weight is 668 g/mol. The van der Waals surface area contributed by atoms with Gasteiger partial charge in [-0.25, -0.2) is 0 Å². The van der Waals surface area contributed by atoms with Gasteiger partial charge in [0.2, 0.25) is 0 Å². The Hall–Kier alpha value is -4.84. The fraction of sp³-hybridized carbons (Fsp3) is 0.182. The Morgan fingerprint density at radius 1 is 0.592 bits per heavy atom. The van der Waals surface area contributed by atoms with E-state index in [4.69, 9.17) is 4.74 Å². The number of nitrogens with zero attached hydrogens (tertiary/aromatic N) is 1. The molecule has 49 heavy (non-hydrogen) atoms. The van der Waals surface area contributed by atoms with Crippen LogP contribution < -0.4 is 4.74 Å². The molecule has 2 nitrogen and oxygen atoms in total. The van der Waals surface area contributed by atoms with Crippen molar-refractivity contribution in [1.29, 1.82) is 0 Å². The summed E-state index contributed by atoms with van der Waals surface area (Å²) in [6, 6.07) is 49.3. The van der Waals surface area contributed by atoms with E-state index < -0.39 is 14.2 Å². The molecule has 1 atom stereocenters. The van der Waals surface area contributed by atoms with E-state index in [0.29, 0.717) is 16.9 Å². The Labute approximate surface area is 290 Å². The van der Waals surface area contributed by atoms with Crippen LogP contribution in [0.3, 0.4) is 0 Å². The van der Waals surface area contributed by atoms with Crippen LogP contribution in [0.15, 0.2) is 158 Å². The van der Waals surface area contributed by atoms with Gasteiger partial charge in [0.05, 0.1) is 0 Å². The van der Waals surface area contributed by atoms with Crippen LogP contribution in [0.2, 0.25) is 19.6 Å². The largest absolute Gasteiger partial charge is 0.486 e. The third-order valence-corrected chi connectivity index (χ3v) is 11.8. The van der Waals surface area contributed by atoms with E-state index in [9.17, 15) is 0 Å². The molecule has 0 aliphatic heterocycles. The molecule has 0 saturated carbocycles. The van der Waals surface area contributed by atoms with Crippen molar-refractivity contribution in [1.82, 2.24) is 4.57 Å². The van der Waals surface area contributed by atoms with Gasteiger partial charge < -0.3 is 9.30 Å². The first-order valence-electron chi connectivity index (χ1n) is 16.9. The summed E-state index contributed by atoms with van der Waals surface area (Å²) in [4.78, 5) is 0. The molecule has 6 aromatic carbocycles. The van der Waals surface area contributed by atoms with Gasteiger partial charge in [0.25, 0.3) is 5.92 Å². The van der Waals surface area contributed by atoms with Gasteiger partial charge in [-0.05, 0) is 88.9 Å². The zero-order valence-corrected chi connectivity index (χ0v) is 29.6. The minimum absolute atomic E-state index is 0.0187. The zero-order chi connectivity index (χ0) is 34.4. The molecule has 0 N–H and O–H groups in total. The normalized spacial score (nSPS) is 12.6. The quantitative estimate of drug-likeness (QED) is 0.120. The predicted molar refractivity (Wildman–Crippen MR) is 203 cm³/mol. The summed E-state index contributed by atoms with van der Waals surface area (Å²) < 4.78 is 43.5. The van der Waals surface area contributed by atoms with Crippen molar-refractivity contribution in [3.63, 3.8) is 0 Å². The van der Waals surface area contributed by atoms with Crippen molar-refractivity contribution in [2.75, 3.05) is 13.6 Å². The van der Waals surface area contributed by atoms with E-state index in [1.807, 2.05) is 121 Å². The Kier molecular flexibility index (Phi) is 10.2. The van der Waals surface area contributed by atoms with E-state index in [2.05, 4.69) is 43.4 Å². The number of alkyl halides is 2. The van der Waals surface area contributed by atoms with Crippen LogP contribution in [0.4, 0.5) is 8.78 Å². The summed E-state index contributed by atoms with van der Waals surface area (Å²) in [5.74, 6) is -2.75. The predicted octanol–water partition coefficient (Wildman–Crippen LogP) is 12.1. The molecule has 0 amide bonds.